The number of thiazole rings is 1. The number of nitrogens with zero attached hydrogens (tertiary/aromatic N) is 3. The van der Waals surface area contributed by atoms with E-state index < -0.39 is 17.6 Å². The molecule has 0 aliphatic rings. The predicted molar refractivity (Wildman–Crippen MR) is 102 cm³/mol. The van der Waals surface area contributed by atoms with Crippen LogP contribution < -0.4 is 10.6 Å². The molecule has 0 saturated carbocycles. The van der Waals surface area contributed by atoms with Gasteiger partial charge in [0, 0.05) is 23.9 Å². The Morgan fingerprint density at radius 3 is 2.67 bits per heavy atom. The summed E-state index contributed by atoms with van der Waals surface area (Å²) < 4.78 is 15.6. The summed E-state index contributed by atoms with van der Waals surface area (Å²) in [6.45, 7) is 3.83. The van der Waals surface area contributed by atoms with Crippen LogP contribution in [0.1, 0.15) is 38.2 Å². The van der Waals surface area contributed by atoms with Crippen molar-refractivity contribution in [2.75, 3.05) is 10.6 Å². The minimum Gasteiger partial charge on any atom is -0.321 e. The van der Waals surface area contributed by atoms with Crippen molar-refractivity contribution in [1.82, 2.24) is 14.8 Å². The minimum atomic E-state index is -0.626. The van der Waals surface area contributed by atoms with E-state index in [9.17, 15) is 14.0 Å². The number of anilines is 2. The molecule has 0 aliphatic heterocycles. The summed E-state index contributed by atoms with van der Waals surface area (Å²) in [5.74, 6) is -0.955. The standard InChI is InChI=1S/C18H18FN5O2S/c1-4-14-10(2)23-24(3)16(14)22-17(25)11-5-12(19)7-13(6-11)21-18(26)15-8-20-9-27-15/h5-9H,4H2,1-3H3,(H,21,26)(H,22,25). The van der Waals surface area contributed by atoms with Gasteiger partial charge in [0.2, 0.25) is 0 Å². The average Bonchev–Trinajstić information content (AvgIpc) is 3.23. The SMILES string of the molecule is CCc1c(C)nn(C)c1NC(=O)c1cc(F)cc(NC(=O)c2cncs2)c1. The Balaban J connectivity index is 1.83. The molecule has 0 fully saturated rings. The molecule has 2 heterocycles. The van der Waals surface area contributed by atoms with E-state index in [1.807, 2.05) is 13.8 Å². The van der Waals surface area contributed by atoms with Gasteiger partial charge in [-0.05, 0) is 31.5 Å². The molecular formula is C18H18FN5O2S. The van der Waals surface area contributed by atoms with Gasteiger partial charge >= 0.3 is 0 Å². The lowest BCUT2D eigenvalue weighted by Gasteiger charge is -2.10. The van der Waals surface area contributed by atoms with Gasteiger partial charge in [0.15, 0.2) is 0 Å². The second-order valence-corrected chi connectivity index (χ2v) is 6.78. The first-order valence-corrected chi connectivity index (χ1v) is 9.11. The molecule has 0 radical (unpaired) electrons. The summed E-state index contributed by atoms with van der Waals surface area (Å²) in [4.78, 5) is 29.0. The van der Waals surface area contributed by atoms with Gasteiger partial charge in [-0.2, -0.15) is 5.10 Å². The third-order valence-corrected chi connectivity index (χ3v) is 4.78. The number of benzene rings is 1. The van der Waals surface area contributed by atoms with E-state index in [0.29, 0.717) is 17.1 Å². The average molecular weight is 387 g/mol. The molecule has 9 heteroatoms. The fraction of sp³-hybridized carbons (Fsp3) is 0.222. The molecular weight excluding hydrogens is 369 g/mol. The Labute approximate surface area is 159 Å². The molecule has 1 aromatic carbocycles. The first kappa shape index (κ1) is 18.7. The second-order valence-electron chi connectivity index (χ2n) is 5.89. The van der Waals surface area contributed by atoms with Crippen molar-refractivity contribution in [3.63, 3.8) is 0 Å². The lowest BCUT2D eigenvalue weighted by atomic mass is 10.1. The van der Waals surface area contributed by atoms with Crippen LogP contribution >= 0.6 is 11.3 Å². The topological polar surface area (TPSA) is 88.9 Å². The number of hydrogen-bond donors (Lipinski definition) is 2. The molecule has 3 aromatic rings. The van der Waals surface area contributed by atoms with Crippen molar-refractivity contribution in [3.8, 4) is 0 Å². The molecule has 140 valence electrons. The van der Waals surface area contributed by atoms with Crippen LogP contribution in [0.15, 0.2) is 29.9 Å². The van der Waals surface area contributed by atoms with Crippen LogP contribution in [0.5, 0.6) is 0 Å². The Bertz CT molecular complexity index is 998. The first-order valence-electron chi connectivity index (χ1n) is 8.23. The van der Waals surface area contributed by atoms with E-state index in [-0.39, 0.29) is 11.3 Å². The third-order valence-electron chi connectivity index (χ3n) is 4.01. The second kappa shape index (κ2) is 7.67. The van der Waals surface area contributed by atoms with Crippen molar-refractivity contribution in [2.24, 2.45) is 7.05 Å². The maximum absolute atomic E-state index is 14.0. The molecule has 0 saturated heterocycles. The summed E-state index contributed by atoms with van der Waals surface area (Å²) >= 11 is 1.17. The van der Waals surface area contributed by atoms with E-state index in [2.05, 4.69) is 20.7 Å². The van der Waals surface area contributed by atoms with Crippen LogP contribution in [0.4, 0.5) is 15.9 Å². The lowest BCUT2D eigenvalue weighted by Crippen LogP contribution is -2.17. The predicted octanol–water partition coefficient (Wildman–Crippen LogP) is 3.39. The summed E-state index contributed by atoms with van der Waals surface area (Å²) in [7, 11) is 1.73. The number of rotatable bonds is 5. The van der Waals surface area contributed by atoms with Crippen molar-refractivity contribution >= 4 is 34.7 Å². The molecule has 2 amide bonds. The lowest BCUT2D eigenvalue weighted by molar-refractivity contribution is 0.101. The molecule has 0 atom stereocenters. The number of halogens is 1. The molecule has 27 heavy (non-hydrogen) atoms. The zero-order valence-electron chi connectivity index (χ0n) is 15.0. The van der Waals surface area contributed by atoms with E-state index in [1.54, 1.807) is 11.7 Å². The number of carbonyl (C=O) groups excluding carboxylic acids is 2. The van der Waals surface area contributed by atoms with Crippen LogP contribution in [0.2, 0.25) is 0 Å². The van der Waals surface area contributed by atoms with Crippen LogP contribution in [-0.4, -0.2) is 26.6 Å². The first-order chi connectivity index (χ1) is 12.9. The maximum atomic E-state index is 14.0. The van der Waals surface area contributed by atoms with E-state index in [1.165, 1.54) is 29.1 Å². The zero-order chi connectivity index (χ0) is 19.6. The molecule has 0 spiro atoms. The highest BCUT2D eigenvalue weighted by molar-refractivity contribution is 7.11. The largest absolute Gasteiger partial charge is 0.321 e. The fourth-order valence-electron chi connectivity index (χ4n) is 2.77. The summed E-state index contributed by atoms with van der Waals surface area (Å²) in [5.41, 5.74) is 3.56. The number of amides is 2. The van der Waals surface area contributed by atoms with Crippen molar-refractivity contribution in [1.29, 1.82) is 0 Å². The summed E-state index contributed by atoms with van der Waals surface area (Å²) in [5, 5.41) is 9.65. The van der Waals surface area contributed by atoms with Gasteiger partial charge < -0.3 is 10.6 Å². The van der Waals surface area contributed by atoms with Gasteiger partial charge in [-0.25, -0.2) is 4.39 Å². The summed E-state index contributed by atoms with van der Waals surface area (Å²) in [6.07, 6.45) is 2.12. The van der Waals surface area contributed by atoms with E-state index in [4.69, 9.17) is 0 Å². The zero-order valence-corrected chi connectivity index (χ0v) is 15.9. The minimum absolute atomic E-state index is 0.0931. The van der Waals surface area contributed by atoms with Gasteiger partial charge in [-0.1, -0.05) is 6.92 Å². The smallest absolute Gasteiger partial charge is 0.267 e. The quantitative estimate of drug-likeness (QED) is 0.702. The number of aromatic nitrogens is 3. The monoisotopic (exact) mass is 387 g/mol. The number of aryl methyl sites for hydroxylation is 2. The highest BCUT2D eigenvalue weighted by Gasteiger charge is 2.17. The molecule has 2 N–H and O–H groups in total. The van der Waals surface area contributed by atoms with Gasteiger partial charge in [0.25, 0.3) is 11.8 Å². The third kappa shape index (κ3) is 4.03. The van der Waals surface area contributed by atoms with Gasteiger partial charge in [0.1, 0.15) is 16.5 Å². The van der Waals surface area contributed by atoms with Crippen molar-refractivity contribution in [3.05, 3.63) is 57.4 Å². The van der Waals surface area contributed by atoms with Crippen LogP contribution in [-0.2, 0) is 13.5 Å². The van der Waals surface area contributed by atoms with E-state index in [0.717, 1.165) is 23.4 Å². The summed E-state index contributed by atoms with van der Waals surface area (Å²) in [6, 6.07) is 3.69. The fourth-order valence-corrected chi connectivity index (χ4v) is 3.29. The van der Waals surface area contributed by atoms with Gasteiger partial charge in [0.05, 0.1) is 17.4 Å². The Hall–Kier alpha value is -3.07. The van der Waals surface area contributed by atoms with Gasteiger partial charge in [-0.15, -0.1) is 11.3 Å². The number of nitrogens with one attached hydrogen (secondary N) is 2. The number of carbonyl (C=O) groups is 2. The van der Waals surface area contributed by atoms with Crippen LogP contribution in [0.25, 0.3) is 0 Å². The van der Waals surface area contributed by atoms with E-state index >= 15 is 0 Å². The number of hydrogen-bond acceptors (Lipinski definition) is 5. The Morgan fingerprint density at radius 2 is 2.00 bits per heavy atom. The molecule has 7 nitrogen and oxygen atoms in total. The Kier molecular flexibility index (Phi) is 5.31. The highest BCUT2D eigenvalue weighted by Crippen LogP contribution is 2.22. The van der Waals surface area contributed by atoms with Crippen LogP contribution in [0.3, 0.4) is 0 Å². The molecule has 3 rings (SSSR count). The van der Waals surface area contributed by atoms with Crippen LogP contribution in [0, 0.1) is 12.7 Å². The Morgan fingerprint density at radius 1 is 1.22 bits per heavy atom. The molecule has 2 aromatic heterocycles. The van der Waals surface area contributed by atoms with Gasteiger partial charge in [-0.3, -0.25) is 19.3 Å². The van der Waals surface area contributed by atoms with Crippen molar-refractivity contribution < 1.29 is 14.0 Å². The highest BCUT2D eigenvalue weighted by atomic mass is 32.1. The maximum Gasteiger partial charge on any atom is 0.267 e. The normalized spacial score (nSPS) is 10.7. The molecule has 0 aliphatic carbocycles. The van der Waals surface area contributed by atoms with Crippen molar-refractivity contribution in [2.45, 2.75) is 20.3 Å². The molecule has 0 unspecified atom stereocenters. The molecule has 0 bridgehead atoms.